The largest absolute Gasteiger partial charge is 0.368 e. The molecule has 1 fully saturated rings. The molecule has 7 heteroatoms. The molecule has 1 N–H and O–H groups in total. The number of nitrogens with zero attached hydrogens (tertiary/aromatic N) is 2. The molecular weight excluding hydrogens is 348 g/mol. The zero-order chi connectivity index (χ0) is 17.8. The average molecular weight is 366 g/mol. The number of carbonyl (C=O) groups excluding carboxylic acids is 1. The third kappa shape index (κ3) is 4.46. The fraction of sp³-hybridized carbons (Fsp3) is 0.278. The first-order chi connectivity index (χ1) is 12.0. The van der Waals surface area contributed by atoms with Gasteiger partial charge in [-0.2, -0.15) is 0 Å². The van der Waals surface area contributed by atoms with Crippen LogP contribution in [0.5, 0.6) is 0 Å². The molecule has 1 aliphatic heterocycles. The fourth-order valence-electron chi connectivity index (χ4n) is 2.83. The molecule has 4 nitrogen and oxygen atoms in total. The monoisotopic (exact) mass is 365 g/mol. The van der Waals surface area contributed by atoms with Gasteiger partial charge in [0.05, 0.1) is 17.3 Å². The van der Waals surface area contributed by atoms with Gasteiger partial charge in [0.25, 0.3) is 0 Å². The third-order valence-corrected chi connectivity index (χ3v) is 4.46. The molecule has 0 spiro atoms. The summed E-state index contributed by atoms with van der Waals surface area (Å²) in [6.07, 6.45) is 0. The minimum absolute atomic E-state index is 0.204. The second-order valence-corrected chi connectivity index (χ2v) is 6.30. The highest BCUT2D eigenvalue weighted by Gasteiger charge is 2.20. The summed E-state index contributed by atoms with van der Waals surface area (Å²) >= 11 is 6.22. The molecule has 1 heterocycles. The van der Waals surface area contributed by atoms with Crippen molar-refractivity contribution in [2.45, 2.75) is 0 Å². The molecular formula is C18H18ClF2N3O. The molecule has 2 aromatic carbocycles. The Hall–Kier alpha value is -2.18. The molecule has 1 saturated heterocycles. The first-order valence-corrected chi connectivity index (χ1v) is 8.37. The number of benzene rings is 2. The van der Waals surface area contributed by atoms with E-state index < -0.39 is 11.6 Å². The van der Waals surface area contributed by atoms with Gasteiger partial charge in [-0.1, -0.05) is 23.7 Å². The van der Waals surface area contributed by atoms with E-state index in [1.54, 1.807) is 0 Å². The number of carbonyl (C=O) groups is 1. The van der Waals surface area contributed by atoms with Crippen LogP contribution >= 0.6 is 11.6 Å². The van der Waals surface area contributed by atoms with E-state index in [1.165, 1.54) is 6.07 Å². The minimum atomic E-state index is -0.980. The molecule has 0 atom stereocenters. The predicted molar refractivity (Wildman–Crippen MR) is 95.1 cm³/mol. The molecule has 0 unspecified atom stereocenters. The quantitative estimate of drug-likeness (QED) is 0.902. The van der Waals surface area contributed by atoms with Crippen molar-refractivity contribution in [3.63, 3.8) is 0 Å². The topological polar surface area (TPSA) is 35.6 Å². The smallest absolute Gasteiger partial charge is 0.238 e. The van der Waals surface area contributed by atoms with E-state index in [2.05, 4.69) is 10.2 Å². The molecule has 2 aromatic rings. The Bertz CT molecular complexity index is 764. The summed E-state index contributed by atoms with van der Waals surface area (Å²) in [6, 6.07) is 11.0. The Balaban J connectivity index is 1.51. The summed E-state index contributed by atoms with van der Waals surface area (Å²) in [5.41, 5.74) is 1.24. The van der Waals surface area contributed by atoms with Crippen LogP contribution in [0.2, 0.25) is 5.02 Å². The van der Waals surface area contributed by atoms with E-state index in [-0.39, 0.29) is 18.1 Å². The molecule has 0 aromatic heterocycles. The second-order valence-electron chi connectivity index (χ2n) is 5.89. The van der Waals surface area contributed by atoms with Gasteiger partial charge in [0.15, 0.2) is 11.6 Å². The lowest BCUT2D eigenvalue weighted by Crippen LogP contribution is -2.48. The van der Waals surface area contributed by atoms with Gasteiger partial charge in [-0.25, -0.2) is 8.78 Å². The van der Waals surface area contributed by atoms with Crippen molar-refractivity contribution in [2.24, 2.45) is 0 Å². The van der Waals surface area contributed by atoms with E-state index in [0.29, 0.717) is 5.02 Å². The van der Waals surface area contributed by atoms with Gasteiger partial charge in [-0.15, -0.1) is 0 Å². The first-order valence-electron chi connectivity index (χ1n) is 7.99. The first kappa shape index (κ1) is 17.6. The van der Waals surface area contributed by atoms with Crippen LogP contribution in [-0.4, -0.2) is 43.5 Å². The summed E-state index contributed by atoms with van der Waals surface area (Å²) in [5, 5.41) is 3.30. The number of nitrogens with one attached hydrogen (secondary N) is 1. The molecule has 132 valence electrons. The Labute approximate surface area is 150 Å². The van der Waals surface area contributed by atoms with E-state index in [4.69, 9.17) is 11.6 Å². The standard InChI is InChI=1S/C18H18ClF2N3O/c19-14-3-1-2-4-17(14)24-9-7-23(8-10-24)12-18(25)22-13-5-6-15(20)16(21)11-13/h1-6,11H,7-10,12H2,(H,22,25). The number of halogens is 3. The summed E-state index contributed by atoms with van der Waals surface area (Å²) in [5.74, 6) is -2.17. The lowest BCUT2D eigenvalue weighted by Gasteiger charge is -2.36. The van der Waals surface area contributed by atoms with Crippen LogP contribution in [0.15, 0.2) is 42.5 Å². The fourth-order valence-corrected chi connectivity index (χ4v) is 3.09. The van der Waals surface area contributed by atoms with Crippen LogP contribution in [0, 0.1) is 11.6 Å². The number of hydrogen-bond acceptors (Lipinski definition) is 3. The summed E-state index contributed by atoms with van der Waals surface area (Å²) in [7, 11) is 0. The molecule has 0 aliphatic carbocycles. The van der Waals surface area contributed by atoms with Crippen molar-refractivity contribution in [2.75, 3.05) is 42.9 Å². The molecule has 0 bridgehead atoms. The van der Waals surface area contributed by atoms with Crippen LogP contribution < -0.4 is 10.2 Å². The highest BCUT2D eigenvalue weighted by molar-refractivity contribution is 6.33. The number of amides is 1. The maximum Gasteiger partial charge on any atom is 0.238 e. The number of hydrogen-bond donors (Lipinski definition) is 1. The van der Waals surface area contributed by atoms with Crippen LogP contribution in [0.4, 0.5) is 20.2 Å². The van der Waals surface area contributed by atoms with Crippen molar-refractivity contribution in [3.8, 4) is 0 Å². The minimum Gasteiger partial charge on any atom is -0.368 e. The van der Waals surface area contributed by atoms with E-state index in [0.717, 1.165) is 44.0 Å². The molecule has 0 saturated carbocycles. The maximum absolute atomic E-state index is 13.2. The molecule has 1 aliphatic rings. The van der Waals surface area contributed by atoms with Crippen LogP contribution in [0.1, 0.15) is 0 Å². The van der Waals surface area contributed by atoms with Gasteiger partial charge in [-0.05, 0) is 24.3 Å². The average Bonchev–Trinajstić information content (AvgIpc) is 2.59. The van der Waals surface area contributed by atoms with Gasteiger partial charge >= 0.3 is 0 Å². The second kappa shape index (κ2) is 7.80. The maximum atomic E-state index is 13.2. The van der Waals surface area contributed by atoms with Gasteiger partial charge in [0.1, 0.15) is 0 Å². The number of rotatable bonds is 4. The number of para-hydroxylation sites is 1. The van der Waals surface area contributed by atoms with Crippen molar-refractivity contribution in [1.82, 2.24) is 4.90 Å². The highest BCUT2D eigenvalue weighted by Crippen LogP contribution is 2.26. The molecule has 25 heavy (non-hydrogen) atoms. The van der Waals surface area contributed by atoms with Crippen LogP contribution in [0.3, 0.4) is 0 Å². The number of piperazine rings is 1. The summed E-state index contributed by atoms with van der Waals surface area (Å²) in [6.45, 7) is 3.17. The van der Waals surface area contributed by atoms with Crippen molar-refractivity contribution < 1.29 is 13.6 Å². The van der Waals surface area contributed by atoms with Gasteiger partial charge < -0.3 is 10.2 Å². The van der Waals surface area contributed by atoms with E-state index in [1.807, 2.05) is 29.2 Å². The van der Waals surface area contributed by atoms with Gasteiger partial charge in [-0.3, -0.25) is 9.69 Å². The zero-order valence-corrected chi connectivity index (χ0v) is 14.3. The molecule has 3 rings (SSSR count). The predicted octanol–water partition coefficient (Wildman–Crippen LogP) is 3.38. The summed E-state index contributed by atoms with van der Waals surface area (Å²) < 4.78 is 26.1. The van der Waals surface area contributed by atoms with Crippen LogP contribution in [-0.2, 0) is 4.79 Å². The van der Waals surface area contributed by atoms with Crippen LogP contribution in [0.25, 0.3) is 0 Å². The van der Waals surface area contributed by atoms with E-state index in [9.17, 15) is 13.6 Å². The molecule has 1 amide bonds. The third-order valence-electron chi connectivity index (χ3n) is 4.14. The Morgan fingerprint density at radius 3 is 2.44 bits per heavy atom. The zero-order valence-electron chi connectivity index (χ0n) is 13.5. The lowest BCUT2D eigenvalue weighted by molar-refractivity contribution is -0.117. The number of anilines is 2. The normalized spacial score (nSPS) is 15.2. The Morgan fingerprint density at radius 2 is 1.76 bits per heavy atom. The van der Waals surface area contributed by atoms with Crippen molar-refractivity contribution in [3.05, 3.63) is 59.1 Å². The molecule has 0 radical (unpaired) electrons. The lowest BCUT2D eigenvalue weighted by atomic mass is 10.2. The van der Waals surface area contributed by atoms with Crippen molar-refractivity contribution in [1.29, 1.82) is 0 Å². The Morgan fingerprint density at radius 1 is 1.04 bits per heavy atom. The SMILES string of the molecule is O=C(CN1CCN(c2ccccc2Cl)CC1)Nc1ccc(F)c(F)c1. The summed E-state index contributed by atoms with van der Waals surface area (Å²) in [4.78, 5) is 16.3. The Kier molecular flexibility index (Phi) is 5.50. The van der Waals surface area contributed by atoms with Gasteiger partial charge in [0, 0.05) is 37.9 Å². The van der Waals surface area contributed by atoms with Gasteiger partial charge in [0.2, 0.25) is 5.91 Å². The van der Waals surface area contributed by atoms with E-state index >= 15 is 0 Å². The van der Waals surface area contributed by atoms with Crippen molar-refractivity contribution >= 4 is 28.9 Å². The highest BCUT2D eigenvalue weighted by atomic mass is 35.5.